The molecule has 0 spiro atoms. The first-order chi connectivity index (χ1) is 13.0. The lowest BCUT2D eigenvalue weighted by Crippen LogP contribution is -2.32. The topological polar surface area (TPSA) is 76.7 Å². The molecule has 2 rings (SSSR count). The third-order valence-electron chi connectivity index (χ3n) is 4.01. The van der Waals surface area contributed by atoms with Crippen LogP contribution in [0.25, 0.3) is 0 Å². The maximum Gasteiger partial charge on any atom is 0.265 e. The molecule has 0 aliphatic rings. The number of hydrogen-bond acceptors (Lipinski definition) is 4. The molecule has 0 aliphatic carbocycles. The van der Waals surface area contributed by atoms with Gasteiger partial charge in [-0.3, -0.25) is 9.59 Å². The highest BCUT2D eigenvalue weighted by Crippen LogP contribution is 2.19. The molecule has 0 aromatic heterocycles. The standard InChI is InChI=1S/C21H26N2O4/c1-15-9-4-7-12-19(15)27-16(2)20(24)23-18-11-6-5-10-17(18)21(25)22-13-8-14-26-3/h4-7,9-12,16H,8,13-14H2,1-3H3,(H,22,25)(H,23,24). The Morgan fingerprint density at radius 1 is 1.07 bits per heavy atom. The van der Waals surface area contributed by atoms with Crippen LogP contribution in [-0.4, -0.2) is 38.2 Å². The highest BCUT2D eigenvalue weighted by molar-refractivity contribution is 6.04. The molecule has 2 aromatic carbocycles. The predicted molar refractivity (Wildman–Crippen MR) is 105 cm³/mol. The van der Waals surface area contributed by atoms with Gasteiger partial charge in [0.15, 0.2) is 6.10 Å². The Morgan fingerprint density at radius 2 is 1.78 bits per heavy atom. The summed E-state index contributed by atoms with van der Waals surface area (Å²) >= 11 is 0. The number of methoxy groups -OCH3 is 1. The van der Waals surface area contributed by atoms with E-state index in [1.54, 1.807) is 38.3 Å². The van der Waals surface area contributed by atoms with Gasteiger partial charge in [0.1, 0.15) is 5.75 Å². The quantitative estimate of drug-likeness (QED) is 0.665. The fraction of sp³-hybridized carbons (Fsp3) is 0.333. The van der Waals surface area contributed by atoms with Crippen molar-refractivity contribution in [1.82, 2.24) is 5.32 Å². The molecule has 1 unspecified atom stereocenters. The number of benzene rings is 2. The molecular weight excluding hydrogens is 344 g/mol. The number of amides is 2. The van der Waals surface area contributed by atoms with Crippen molar-refractivity contribution >= 4 is 17.5 Å². The van der Waals surface area contributed by atoms with Gasteiger partial charge in [0.05, 0.1) is 11.3 Å². The summed E-state index contributed by atoms with van der Waals surface area (Å²) in [6.07, 6.45) is 0.0156. The van der Waals surface area contributed by atoms with Crippen molar-refractivity contribution < 1.29 is 19.1 Å². The fourth-order valence-electron chi connectivity index (χ4n) is 2.47. The first-order valence-corrected chi connectivity index (χ1v) is 8.92. The van der Waals surface area contributed by atoms with Crippen molar-refractivity contribution in [2.75, 3.05) is 25.6 Å². The molecule has 27 heavy (non-hydrogen) atoms. The number of carbonyl (C=O) groups excluding carboxylic acids is 2. The Bertz CT molecular complexity index is 776. The van der Waals surface area contributed by atoms with E-state index in [1.165, 1.54) is 0 Å². The number of nitrogens with one attached hydrogen (secondary N) is 2. The Balaban J connectivity index is 2.00. The third kappa shape index (κ3) is 6.11. The molecular formula is C21H26N2O4. The van der Waals surface area contributed by atoms with Gasteiger partial charge in [0.25, 0.3) is 11.8 Å². The minimum Gasteiger partial charge on any atom is -0.481 e. The van der Waals surface area contributed by atoms with Crippen molar-refractivity contribution in [3.63, 3.8) is 0 Å². The van der Waals surface area contributed by atoms with Crippen molar-refractivity contribution in [3.8, 4) is 5.75 Å². The largest absolute Gasteiger partial charge is 0.481 e. The summed E-state index contributed by atoms with van der Waals surface area (Å²) < 4.78 is 10.7. The lowest BCUT2D eigenvalue weighted by Gasteiger charge is -2.17. The molecule has 1 atom stereocenters. The molecule has 6 heteroatoms. The van der Waals surface area contributed by atoms with Gasteiger partial charge >= 0.3 is 0 Å². The summed E-state index contributed by atoms with van der Waals surface area (Å²) in [6, 6.07) is 14.4. The monoisotopic (exact) mass is 370 g/mol. The van der Waals surface area contributed by atoms with Crippen molar-refractivity contribution in [1.29, 1.82) is 0 Å². The molecule has 0 fully saturated rings. The second-order valence-corrected chi connectivity index (χ2v) is 6.16. The van der Waals surface area contributed by atoms with Crippen LogP contribution in [0.2, 0.25) is 0 Å². The molecule has 2 amide bonds. The molecule has 0 radical (unpaired) electrons. The maximum atomic E-state index is 12.5. The summed E-state index contributed by atoms with van der Waals surface area (Å²) in [6.45, 7) is 4.67. The first-order valence-electron chi connectivity index (χ1n) is 8.92. The third-order valence-corrected chi connectivity index (χ3v) is 4.01. The average Bonchev–Trinajstić information content (AvgIpc) is 2.67. The van der Waals surface area contributed by atoms with Gasteiger partial charge in [-0.15, -0.1) is 0 Å². The van der Waals surface area contributed by atoms with E-state index in [0.29, 0.717) is 30.2 Å². The average molecular weight is 370 g/mol. The minimum atomic E-state index is -0.705. The second-order valence-electron chi connectivity index (χ2n) is 6.16. The fourth-order valence-corrected chi connectivity index (χ4v) is 2.47. The van der Waals surface area contributed by atoms with E-state index in [0.717, 1.165) is 12.0 Å². The Labute approximate surface area is 159 Å². The normalized spacial score (nSPS) is 11.5. The predicted octanol–water partition coefficient (Wildman–Crippen LogP) is 3.17. The highest BCUT2D eigenvalue weighted by Gasteiger charge is 2.18. The molecule has 144 valence electrons. The van der Waals surface area contributed by atoms with Crippen molar-refractivity contribution in [3.05, 3.63) is 59.7 Å². The molecule has 0 aliphatic heterocycles. The molecule has 0 saturated heterocycles. The van der Waals surface area contributed by atoms with Gasteiger partial charge < -0.3 is 20.1 Å². The van der Waals surface area contributed by atoms with E-state index in [1.807, 2.05) is 31.2 Å². The summed E-state index contributed by atoms with van der Waals surface area (Å²) in [7, 11) is 1.62. The summed E-state index contributed by atoms with van der Waals surface area (Å²) in [5.41, 5.74) is 1.81. The zero-order valence-electron chi connectivity index (χ0n) is 16.0. The van der Waals surface area contributed by atoms with Crippen LogP contribution >= 0.6 is 0 Å². The van der Waals surface area contributed by atoms with Gasteiger partial charge in [-0.1, -0.05) is 30.3 Å². The zero-order valence-corrected chi connectivity index (χ0v) is 16.0. The molecule has 0 bridgehead atoms. The van der Waals surface area contributed by atoms with Crippen LogP contribution in [0.3, 0.4) is 0 Å². The van der Waals surface area contributed by atoms with Crippen LogP contribution in [0.4, 0.5) is 5.69 Å². The highest BCUT2D eigenvalue weighted by atomic mass is 16.5. The number of anilines is 1. The van der Waals surface area contributed by atoms with E-state index in [9.17, 15) is 9.59 Å². The van der Waals surface area contributed by atoms with Crippen LogP contribution in [0.15, 0.2) is 48.5 Å². The Kier molecular flexibility index (Phi) is 7.82. The van der Waals surface area contributed by atoms with Crippen LogP contribution in [0.5, 0.6) is 5.75 Å². The number of para-hydroxylation sites is 2. The first kappa shape index (κ1) is 20.5. The van der Waals surface area contributed by atoms with Crippen molar-refractivity contribution in [2.45, 2.75) is 26.4 Å². The Morgan fingerprint density at radius 3 is 2.52 bits per heavy atom. The second kappa shape index (κ2) is 10.3. The molecule has 2 N–H and O–H groups in total. The van der Waals surface area contributed by atoms with E-state index in [4.69, 9.17) is 9.47 Å². The van der Waals surface area contributed by atoms with Crippen molar-refractivity contribution in [2.24, 2.45) is 0 Å². The van der Waals surface area contributed by atoms with Crippen LogP contribution in [-0.2, 0) is 9.53 Å². The van der Waals surface area contributed by atoms with Gasteiger partial charge in [0.2, 0.25) is 0 Å². The van der Waals surface area contributed by atoms with Gasteiger partial charge in [-0.05, 0) is 44.0 Å². The lowest BCUT2D eigenvalue weighted by molar-refractivity contribution is -0.122. The van der Waals surface area contributed by atoms with Crippen LogP contribution in [0, 0.1) is 6.92 Å². The van der Waals surface area contributed by atoms with Crippen LogP contribution in [0.1, 0.15) is 29.3 Å². The van der Waals surface area contributed by atoms with Gasteiger partial charge in [0, 0.05) is 20.3 Å². The van der Waals surface area contributed by atoms with Gasteiger partial charge in [-0.25, -0.2) is 0 Å². The maximum absolute atomic E-state index is 12.5. The number of carbonyl (C=O) groups is 2. The number of aryl methyl sites for hydroxylation is 1. The SMILES string of the molecule is COCCCNC(=O)c1ccccc1NC(=O)C(C)Oc1ccccc1C. The number of ether oxygens (including phenoxy) is 2. The smallest absolute Gasteiger partial charge is 0.265 e. The van der Waals surface area contributed by atoms with E-state index in [2.05, 4.69) is 10.6 Å². The Hall–Kier alpha value is -2.86. The lowest BCUT2D eigenvalue weighted by atomic mass is 10.1. The molecule has 2 aromatic rings. The van der Waals surface area contributed by atoms with Gasteiger partial charge in [-0.2, -0.15) is 0 Å². The summed E-state index contributed by atoms with van der Waals surface area (Å²) in [5, 5.41) is 5.61. The number of rotatable bonds is 9. The van der Waals surface area contributed by atoms with Crippen LogP contribution < -0.4 is 15.4 Å². The molecule has 6 nitrogen and oxygen atoms in total. The molecule has 0 saturated carbocycles. The van der Waals surface area contributed by atoms with E-state index >= 15 is 0 Å². The number of hydrogen-bond donors (Lipinski definition) is 2. The van der Waals surface area contributed by atoms with E-state index < -0.39 is 6.10 Å². The summed E-state index contributed by atoms with van der Waals surface area (Å²) in [5.74, 6) is 0.0942. The molecule has 0 heterocycles. The summed E-state index contributed by atoms with van der Waals surface area (Å²) in [4.78, 5) is 24.9. The van der Waals surface area contributed by atoms with E-state index in [-0.39, 0.29) is 11.8 Å². The zero-order chi connectivity index (χ0) is 19.6. The minimum absolute atomic E-state index is 0.241.